The number of anilines is 1. The predicted octanol–water partition coefficient (Wildman–Crippen LogP) is 3.52. The van der Waals surface area contributed by atoms with E-state index in [0.717, 1.165) is 37.3 Å². The van der Waals surface area contributed by atoms with Gasteiger partial charge in [-0.2, -0.15) is 0 Å². The fourth-order valence-corrected chi connectivity index (χ4v) is 6.51. The molecule has 0 spiro atoms. The van der Waals surface area contributed by atoms with Crippen molar-refractivity contribution in [3.8, 4) is 0 Å². The van der Waals surface area contributed by atoms with Crippen LogP contribution in [0.15, 0.2) is 41.8 Å². The molecule has 2 aromatic heterocycles. The van der Waals surface area contributed by atoms with Gasteiger partial charge in [0, 0.05) is 18.8 Å². The normalized spacial score (nSPS) is 27.9. The summed E-state index contributed by atoms with van der Waals surface area (Å²) in [6.07, 6.45) is -0.478. The maximum Gasteiger partial charge on any atom is 0.472 e. The highest BCUT2D eigenvalue weighted by Gasteiger charge is 2.53. The number of aromatic nitrogens is 4. The summed E-state index contributed by atoms with van der Waals surface area (Å²) in [5.74, 6) is 1.37. The van der Waals surface area contributed by atoms with E-state index in [9.17, 15) is 14.6 Å². The van der Waals surface area contributed by atoms with Crippen LogP contribution in [0.2, 0.25) is 0 Å². The van der Waals surface area contributed by atoms with Crippen molar-refractivity contribution in [1.29, 1.82) is 0 Å². The molecule has 2 aliphatic heterocycles. The van der Waals surface area contributed by atoms with Gasteiger partial charge in [0.2, 0.25) is 0 Å². The second kappa shape index (κ2) is 10.7. The number of ether oxygens (including phenoxy) is 1. The first-order valence-corrected chi connectivity index (χ1v) is 14.5. The van der Waals surface area contributed by atoms with Gasteiger partial charge in [0.05, 0.1) is 6.61 Å². The molecule has 0 radical (unpaired) electrons. The third kappa shape index (κ3) is 5.04. The average molecular weight is 536 g/mol. The number of fused-ring (bicyclic) bond motifs is 2. The Hall–Kier alpha value is -2.05. The van der Waals surface area contributed by atoms with Crippen molar-refractivity contribution in [2.75, 3.05) is 24.6 Å². The van der Waals surface area contributed by atoms with Gasteiger partial charge in [-0.1, -0.05) is 55.9 Å². The van der Waals surface area contributed by atoms with Gasteiger partial charge in [0.25, 0.3) is 0 Å². The molecule has 0 amide bonds. The van der Waals surface area contributed by atoms with Crippen LogP contribution < -0.4 is 4.90 Å². The Morgan fingerprint density at radius 3 is 2.67 bits per heavy atom. The van der Waals surface area contributed by atoms with Crippen molar-refractivity contribution >= 4 is 36.6 Å². The number of hydrogen-bond donors (Lipinski definition) is 2. The van der Waals surface area contributed by atoms with Crippen LogP contribution in [0, 0.1) is 0 Å². The Labute approximate surface area is 213 Å². The molecule has 13 heteroatoms. The number of aliphatic hydroxyl groups is 1. The molecule has 1 aromatic carbocycles. The zero-order valence-corrected chi connectivity index (χ0v) is 21.8. The number of aliphatic hydroxyl groups excluding tert-OH is 1. The molecule has 2 N–H and O–H groups in total. The number of imidazole rings is 1. The molecule has 2 aliphatic rings. The highest BCUT2D eigenvalue weighted by atomic mass is 32.2. The van der Waals surface area contributed by atoms with Gasteiger partial charge in [-0.25, -0.2) is 19.5 Å². The topological polar surface area (TPSA) is 132 Å². The summed E-state index contributed by atoms with van der Waals surface area (Å²) in [7, 11) is -4.25. The van der Waals surface area contributed by atoms with Crippen LogP contribution in [-0.2, 0) is 24.1 Å². The lowest BCUT2D eigenvalue weighted by Gasteiger charge is -2.27. The van der Waals surface area contributed by atoms with E-state index in [4.69, 9.17) is 18.8 Å². The summed E-state index contributed by atoms with van der Waals surface area (Å²) >= 11 is 1.49. The van der Waals surface area contributed by atoms with Crippen LogP contribution in [0.1, 0.15) is 38.5 Å². The molecule has 5 atom stereocenters. The van der Waals surface area contributed by atoms with Gasteiger partial charge >= 0.3 is 7.82 Å². The minimum atomic E-state index is -4.25. The van der Waals surface area contributed by atoms with Crippen LogP contribution in [0.4, 0.5) is 5.82 Å². The van der Waals surface area contributed by atoms with E-state index in [1.54, 1.807) is 4.57 Å². The first-order chi connectivity index (χ1) is 17.4. The van der Waals surface area contributed by atoms with E-state index in [-0.39, 0.29) is 6.61 Å². The summed E-state index contributed by atoms with van der Waals surface area (Å²) in [4.78, 5) is 26.0. The second-order valence-electron chi connectivity index (χ2n) is 8.79. The summed E-state index contributed by atoms with van der Waals surface area (Å²) < 4.78 is 29.9. The third-order valence-electron chi connectivity index (χ3n) is 6.14. The smallest absolute Gasteiger partial charge is 0.386 e. The maximum atomic E-state index is 12.0. The number of phosphoric acid groups is 1. The fraction of sp³-hybridized carbons (Fsp3) is 0.522. The molecule has 5 unspecified atom stereocenters. The van der Waals surface area contributed by atoms with Gasteiger partial charge in [-0.15, -0.1) is 0 Å². The Balaban J connectivity index is 1.57. The van der Waals surface area contributed by atoms with E-state index in [1.807, 2.05) is 30.3 Å². The van der Waals surface area contributed by atoms with Crippen molar-refractivity contribution in [2.24, 2.45) is 0 Å². The van der Waals surface area contributed by atoms with Gasteiger partial charge in [-0.05, 0) is 18.4 Å². The van der Waals surface area contributed by atoms with Gasteiger partial charge in [0.15, 0.2) is 28.4 Å². The third-order valence-corrected chi connectivity index (χ3v) is 8.15. The number of thioether (sulfide) groups is 1. The highest BCUT2D eigenvalue weighted by Crippen LogP contribution is 2.53. The van der Waals surface area contributed by atoms with Crippen LogP contribution in [0.3, 0.4) is 0 Å². The van der Waals surface area contributed by atoms with E-state index in [0.29, 0.717) is 22.1 Å². The average Bonchev–Trinajstić information content (AvgIpc) is 3.39. The summed E-state index contributed by atoms with van der Waals surface area (Å²) in [5, 5.41) is 11.8. The Bertz CT molecular complexity index is 1240. The molecule has 194 valence electrons. The molecule has 5 rings (SSSR count). The van der Waals surface area contributed by atoms with E-state index in [1.165, 1.54) is 18.1 Å². The van der Waals surface area contributed by atoms with Crippen molar-refractivity contribution in [2.45, 2.75) is 62.1 Å². The molecule has 2 saturated heterocycles. The van der Waals surface area contributed by atoms with E-state index < -0.39 is 32.4 Å². The Morgan fingerprint density at radius 1 is 1.19 bits per heavy atom. The van der Waals surface area contributed by atoms with Crippen LogP contribution >= 0.6 is 19.6 Å². The molecule has 4 heterocycles. The largest absolute Gasteiger partial charge is 0.472 e. The Kier molecular flexibility index (Phi) is 7.64. The summed E-state index contributed by atoms with van der Waals surface area (Å²) in [5.41, 5.74) is 2.25. The first kappa shape index (κ1) is 25.6. The number of nitrogens with zero attached hydrogens (tertiary/aromatic N) is 5. The maximum absolute atomic E-state index is 12.0. The van der Waals surface area contributed by atoms with E-state index in [2.05, 4.69) is 28.7 Å². The monoisotopic (exact) mass is 535 g/mol. The lowest BCUT2D eigenvalue weighted by atomic mass is 10.1. The molecule has 0 bridgehead atoms. The molecular formula is C23H30N5O6PS. The summed E-state index contributed by atoms with van der Waals surface area (Å²) in [6.45, 7) is 5.72. The van der Waals surface area contributed by atoms with Crippen LogP contribution in [0.5, 0.6) is 0 Å². The molecule has 0 aliphatic carbocycles. The lowest BCUT2D eigenvalue weighted by molar-refractivity contribution is -0.0684. The second-order valence-corrected chi connectivity index (χ2v) is 11.1. The molecule has 11 nitrogen and oxygen atoms in total. The van der Waals surface area contributed by atoms with E-state index >= 15 is 0 Å². The highest BCUT2D eigenvalue weighted by molar-refractivity contribution is 7.98. The standard InChI is InChI=1S/C23H30N5O6PS/c1-3-10-27(11-4-2)20-17-21(25-14-24-20)28(23(26-17)36-13-15-8-6-5-7-9-15)22-18(29)19-16(33-22)12-32-35(30,31)34-19/h5-9,14,16,18-19,22,29H,3-4,10-13H2,1-2H3,(H,30,31). The van der Waals surface area contributed by atoms with Crippen LogP contribution in [0.25, 0.3) is 11.2 Å². The molecule has 0 saturated carbocycles. The molecular weight excluding hydrogens is 505 g/mol. The first-order valence-electron chi connectivity index (χ1n) is 12.1. The predicted molar refractivity (Wildman–Crippen MR) is 135 cm³/mol. The van der Waals surface area contributed by atoms with Gasteiger partial charge in [0.1, 0.15) is 24.6 Å². The van der Waals surface area contributed by atoms with Crippen molar-refractivity contribution in [1.82, 2.24) is 19.5 Å². The summed E-state index contributed by atoms with van der Waals surface area (Å²) in [6, 6.07) is 10.0. The number of rotatable bonds is 9. The lowest BCUT2D eigenvalue weighted by Crippen LogP contribution is -2.39. The number of phosphoric ester groups is 1. The van der Waals surface area contributed by atoms with Gasteiger partial charge in [-0.3, -0.25) is 13.6 Å². The van der Waals surface area contributed by atoms with Crippen molar-refractivity contribution < 1.29 is 28.3 Å². The molecule has 3 aromatic rings. The van der Waals surface area contributed by atoms with Crippen molar-refractivity contribution in [3.63, 3.8) is 0 Å². The zero-order valence-electron chi connectivity index (χ0n) is 20.1. The van der Waals surface area contributed by atoms with Gasteiger partial charge < -0.3 is 19.6 Å². The number of hydrogen-bond acceptors (Lipinski definition) is 10. The molecule has 36 heavy (non-hydrogen) atoms. The molecule has 2 fully saturated rings. The minimum absolute atomic E-state index is 0.161. The fourth-order valence-electron chi connectivity index (χ4n) is 4.57. The Morgan fingerprint density at radius 2 is 1.94 bits per heavy atom. The quantitative estimate of drug-likeness (QED) is 0.308. The number of benzene rings is 1. The SMILES string of the molecule is CCCN(CCC)c1ncnc2c1nc(SCc1ccccc1)n2C1OC2COP(=O)(O)OC2C1O. The zero-order chi connectivity index (χ0) is 25.3. The minimum Gasteiger partial charge on any atom is -0.386 e. The van der Waals surface area contributed by atoms with Crippen molar-refractivity contribution in [3.05, 3.63) is 42.2 Å². The van der Waals surface area contributed by atoms with Crippen LogP contribution in [-0.4, -0.2) is 67.5 Å².